The molecule has 2 heterocycles. The average Bonchev–Trinajstić information content (AvgIpc) is 3.78. The first-order chi connectivity index (χ1) is 25.3. The molecule has 0 amide bonds. The summed E-state index contributed by atoms with van der Waals surface area (Å²) < 4.78 is 13.1. The first-order valence-corrected chi connectivity index (χ1v) is 17.3. The van der Waals surface area contributed by atoms with Gasteiger partial charge in [-0.05, 0) is 53.1 Å². The highest BCUT2D eigenvalue weighted by Gasteiger charge is 2.25. The minimum Gasteiger partial charge on any atom is -0.456 e. The molecule has 0 aliphatic carbocycles. The van der Waals surface area contributed by atoms with Gasteiger partial charge in [-0.25, -0.2) is 0 Å². The lowest BCUT2D eigenvalue weighted by Crippen LogP contribution is -2.13. The monoisotopic (exact) mass is 653 g/mol. The van der Waals surface area contributed by atoms with Gasteiger partial charge in [0.05, 0.1) is 22.4 Å². The largest absolute Gasteiger partial charge is 0.456 e. The van der Waals surface area contributed by atoms with Crippen LogP contribution in [0.3, 0.4) is 0 Å². The Morgan fingerprint density at radius 2 is 0.804 bits per heavy atom. The van der Waals surface area contributed by atoms with E-state index in [4.69, 9.17) is 8.83 Å². The summed E-state index contributed by atoms with van der Waals surface area (Å²) in [6.45, 7) is 0. The molecule has 0 N–H and O–H groups in total. The molecule has 0 saturated carbocycles. The molecule has 3 heteroatoms. The van der Waals surface area contributed by atoms with E-state index in [1.54, 1.807) is 0 Å². The first-order valence-electron chi connectivity index (χ1n) is 17.3. The van der Waals surface area contributed by atoms with E-state index in [0.29, 0.717) is 0 Å². The molecule has 0 aliphatic heterocycles. The number of anilines is 3. The molecule has 0 radical (unpaired) electrons. The Labute approximate surface area is 295 Å². The molecule has 0 saturated heterocycles. The van der Waals surface area contributed by atoms with Crippen molar-refractivity contribution in [3.63, 3.8) is 0 Å². The molecular formula is C48H31NO2. The van der Waals surface area contributed by atoms with Gasteiger partial charge in [-0.2, -0.15) is 0 Å². The quantitative estimate of drug-likeness (QED) is 0.179. The maximum absolute atomic E-state index is 6.61. The fourth-order valence-corrected chi connectivity index (χ4v) is 7.57. The highest BCUT2D eigenvalue weighted by molar-refractivity contribution is 6.15. The number of hydrogen-bond donors (Lipinski definition) is 0. The van der Waals surface area contributed by atoms with Gasteiger partial charge in [0.25, 0.3) is 0 Å². The van der Waals surface area contributed by atoms with Gasteiger partial charge >= 0.3 is 0 Å². The van der Waals surface area contributed by atoms with E-state index < -0.39 is 0 Å². The van der Waals surface area contributed by atoms with Gasteiger partial charge < -0.3 is 13.7 Å². The average molecular weight is 654 g/mol. The van der Waals surface area contributed by atoms with Crippen molar-refractivity contribution < 1.29 is 8.83 Å². The SMILES string of the molecule is c1ccc(-c2ccc(-c3ccccc3N(c3ccccc3-c3cccc4c3oc3ccccc34)c3cccc4oc5ccccc5c34)cc2)cc1. The summed E-state index contributed by atoms with van der Waals surface area (Å²) in [5, 5.41) is 4.36. The maximum Gasteiger partial charge on any atom is 0.143 e. The van der Waals surface area contributed by atoms with E-state index in [1.807, 2.05) is 24.3 Å². The molecule has 8 aromatic carbocycles. The van der Waals surface area contributed by atoms with Crippen LogP contribution in [-0.4, -0.2) is 0 Å². The summed E-state index contributed by atoms with van der Waals surface area (Å²) in [6.07, 6.45) is 0. The minimum atomic E-state index is 0.847. The predicted molar refractivity (Wildman–Crippen MR) is 212 cm³/mol. The Kier molecular flexibility index (Phi) is 6.81. The lowest BCUT2D eigenvalue weighted by molar-refractivity contribution is 0.669. The highest BCUT2D eigenvalue weighted by Crippen LogP contribution is 2.49. The molecule has 0 bridgehead atoms. The molecule has 0 fully saturated rings. The fourth-order valence-electron chi connectivity index (χ4n) is 7.57. The van der Waals surface area contributed by atoms with Crippen LogP contribution in [0.25, 0.3) is 77.3 Å². The second-order valence-corrected chi connectivity index (χ2v) is 12.8. The molecule has 3 nitrogen and oxygen atoms in total. The van der Waals surface area contributed by atoms with E-state index in [0.717, 1.165) is 83.2 Å². The first kappa shape index (κ1) is 29.1. The van der Waals surface area contributed by atoms with Crippen molar-refractivity contribution in [2.45, 2.75) is 0 Å². The van der Waals surface area contributed by atoms with Crippen LogP contribution in [0.1, 0.15) is 0 Å². The van der Waals surface area contributed by atoms with Gasteiger partial charge in [-0.3, -0.25) is 0 Å². The molecule has 10 aromatic rings. The van der Waals surface area contributed by atoms with Crippen molar-refractivity contribution in [1.29, 1.82) is 0 Å². The van der Waals surface area contributed by atoms with Crippen molar-refractivity contribution in [1.82, 2.24) is 0 Å². The third kappa shape index (κ3) is 4.82. The molecular weight excluding hydrogens is 623 g/mol. The van der Waals surface area contributed by atoms with E-state index >= 15 is 0 Å². The zero-order chi connectivity index (χ0) is 33.7. The number of fused-ring (bicyclic) bond motifs is 6. The number of benzene rings is 8. The number of rotatable bonds is 6. The van der Waals surface area contributed by atoms with Crippen molar-refractivity contribution >= 4 is 60.9 Å². The van der Waals surface area contributed by atoms with Crippen LogP contribution in [0.2, 0.25) is 0 Å². The second kappa shape index (κ2) is 11.9. The molecule has 2 aromatic heterocycles. The van der Waals surface area contributed by atoms with Gasteiger partial charge in [-0.1, -0.05) is 152 Å². The number of hydrogen-bond acceptors (Lipinski definition) is 3. The van der Waals surface area contributed by atoms with Gasteiger partial charge in [0, 0.05) is 32.8 Å². The molecule has 0 spiro atoms. The van der Waals surface area contributed by atoms with E-state index in [2.05, 4.69) is 169 Å². The van der Waals surface area contributed by atoms with Crippen LogP contribution in [0.4, 0.5) is 17.1 Å². The van der Waals surface area contributed by atoms with Crippen molar-refractivity contribution in [3.05, 3.63) is 188 Å². The summed E-state index contributed by atoms with van der Waals surface area (Å²) in [7, 11) is 0. The number of furan rings is 2. The Hall–Kier alpha value is -6.84. The smallest absolute Gasteiger partial charge is 0.143 e. The zero-order valence-corrected chi connectivity index (χ0v) is 27.7. The Balaban J connectivity index is 1.24. The van der Waals surface area contributed by atoms with Crippen LogP contribution >= 0.6 is 0 Å². The van der Waals surface area contributed by atoms with E-state index in [-0.39, 0.29) is 0 Å². The highest BCUT2D eigenvalue weighted by atomic mass is 16.3. The summed E-state index contributed by atoms with van der Waals surface area (Å²) in [5.74, 6) is 0. The Bertz CT molecular complexity index is 2860. The molecule has 240 valence electrons. The van der Waals surface area contributed by atoms with Gasteiger partial charge in [0.1, 0.15) is 22.3 Å². The zero-order valence-electron chi connectivity index (χ0n) is 27.7. The van der Waals surface area contributed by atoms with Crippen LogP contribution in [0.15, 0.2) is 197 Å². The van der Waals surface area contributed by atoms with Crippen LogP contribution in [0.5, 0.6) is 0 Å². The third-order valence-corrected chi connectivity index (χ3v) is 9.91. The molecule has 51 heavy (non-hydrogen) atoms. The summed E-state index contributed by atoms with van der Waals surface area (Å²) in [5.41, 5.74) is 13.4. The van der Waals surface area contributed by atoms with Crippen molar-refractivity contribution in [2.75, 3.05) is 4.90 Å². The third-order valence-electron chi connectivity index (χ3n) is 9.91. The van der Waals surface area contributed by atoms with Gasteiger partial charge in [0.15, 0.2) is 0 Å². The molecule has 0 unspecified atom stereocenters. The lowest BCUT2D eigenvalue weighted by atomic mass is 9.96. The Morgan fingerprint density at radius 1 is 0.294 bits per heavy atom. The van der Waals surface area contributed by atoms with Crippen molar-refractivity contribution in [3.8, 4) is 33.4 Å². The molecule has 10 rings (SSSR count). The Morgan fingerprint density at radius 3 is 1.61 bits per heavy atom. The maximum atomic E-state index is 6.61. The summed E-state index contributed by atoms with van der Waals surface area (Å²) in [4.78, 5) is 2.40. The molecule has 0 aliphatic rings. The number of nitrogens with zero attached hydrogens (tertiary/aromatic N) is 1. The summed E-state index contributed by atoms with van der Waals surface area (Å²) >= 11 is 0. The fraction of sp³-hybridized carbons (Fsp3) is 0. The normalized spacial score (nSPS) is 11.5. The second-order valence-electron chi connectivity index (χ2n) is 12.8. The minimum absolute atomic E-state index is 0.847. The van der Waals surface area contributed by atoms with Crippen LogP contribution in [0, 0.1) is 0 Å². The summed E-state index contributed by atoms with van der Waals surface area (Å²) in [6, 6.07) is 66.1. The predicted octanol–water partition coefficient (Wildman–Crippen LogP) is 14.0. The van der Waals surface area contributed by atoms with Gasteiger partial charge in [0.2, 0.25) is 0 Å². The van der Waals surface area contributed by atoms with Crippen LogP contribution < -0.4 is 4.90 Å². The number of para-hydroxylation sites is 5. The van der Waals surface area contributed by atoms with Crippen molar-refractivity contribution in [2.24, 2.45) is 0 Å². The molecule has 0 atom stereocenters. The van der Waals surface area contributed by atoms with E-state index in [9.17, 15) is 0 Å². The lowest BCUT2D eigenvalue weighted by Gasteiger charge is -2.30. The topological polar surface area (TPSA) is 29.5 Å². The van der Waals surface area contributed by atoms with Gasteiger partial charge in [-0.15, -0.1) is 0 Å². The van der Waals surface area contributed by atoms with E-state index in [1.165, 1.54) is 11.1 Å². The van der Waals surface area contributed by atoms with Crippen LogP contribution in [-0.2, 0) is 0 Å². The standard InChI is InChI=1S/C48H31NO2/c1-2-14-32(15-3-1)33-28-30-34(31-29-33)35-16-4-8-22-41(35)49(43-24-13-27-46-47(43)40-19-7-11-26-45(40)50-46)42-23-9-5-17-36(42)38-20-12-21-39-37-18-6-10-25-44(37)51-48(38)39/h1-31H.